The summed E-state index contributed by atoms with van der Waals surface area (Å²) >= 11 is 0. The van der Waals surface area contributed by atoms with Crippen LogP contribution in [0.5, 0.6) is 0 Å². The molecule has 13 heavy (non-hydrogen) atoms. The third kappa shape index (κ3) is 1.91. The highest BCUT2D eigenvalue weighted by Gasteiger charge is 2.22. The van der Waals surface area contributed by atoms with Crippen molar-refractivity contribution in [2.45, 2.75) is 31.8 Å². The van der Waals surface area contributed by atoms with Crippen LogP contribution in [-0.2, 0) is 4.79 Å². The number of aliphatic hydroxyl groups is 1. The fraction of sp³-hybridized carbons (Fsp3) is 0.700. The number of piperidine rings is 1. The molecule has 1 N–H and O–H groups in total. The lowest BCUT2D eigenvalue weighted by Crippen LogP contribution is -2.34. The molecule has 1 aliphatic carbocycles. The van der Waals surface area contributed by atoms with Crippen LogP contribution in [0.2, 0.25) is 0 Å². The molecule has 0 aromatic rings. The Morgan fingerprint density at radius 3 is 2.54 bits per heavy atom. The Bertz CT molecular complexity index is 239. The first-order valence-corrected chi connectivity index (χ1v) is 4.92. The van der Waals surface area contributed by atoms with Gasteiger partial charge in [-0.25, -0.2) is 0 Å². The summed E-state index contributed by atoms with van der Waals surface area (Å²) in [5.74, 6) is 0.251. The van der Waals surface area contributed by atoms with Gasteiger partial charge in [0.1, 0.15) is 0 Å². The average Bonchev–Trinajstić information content (AvgIpc) is 2.53. The van der Waals surface area contributed by atoms with Gasteiger partial charge < -0.3 is 10.0 Å². The number of hydrogen-bond donors (Lipinski definition) is 1. The standard InChI is InChI=1S/C10H15NO2/c12-9-3-5-11(6-4-9)8-1-2-10(13)7-8/h7,9,12H,1-6H2. The maximum Gasteiger partial charge on any atom is 0.157 e. The van der Waals surface area contributed by atoms with Gasteiger partial charge in [-0.05, 0) is 19.3 Å². The molecule has 0 aromatic heterocycles. The van der Waals surface area contributed by atoms with E-state index in [-0.39, 0.29) is 11.9 Å². The molecule has 0 amide bonds. The minimum absolute atomic E-state index is 0.131. The predicted octanol–water partition coefficient (Wildman–Crippen LogP) is 0.690. The van der Waals surface area contributed by atoms with Crippen molar-refractivity contribution in [3.8, 4) is 0 Å². The maximum absolute atomic E-state index is 11.0. The Kier molecular flexibility index (Phi) is 2.36. The third-order valence-corrected chi connectivity index (χ3v) is 2.83. The van der Waals surface area contributed by atoms with E-state index < -0.39 is 0 Å². The van der Waals surface area contributed by atoms with E-state index in [1.807, 2.05) is 0 Å². The molecule has 1 saturated heterocycles. The topological polar surface area (TPSA) is 40.5 Å². The lowest BCUT2D eigenvalue weighted by molar-refractivity contribution is -0.114. The minimum atomic E-state index is -0.131. The Balaban J connectivity index is 1.95. The van der Waals surface area contributed by atoms with Crippen LogP contribution in [0.4, 0.5) is 0 Å². The van der Waals surface area contributed by atoms with Gasteiger partial charge in [0.05, 0.1) is 6.10 Å². The lowest BCUT2D eigenvalue weighted by Gasteiger charge is -2.32. The summed E-state index contributed by atoms with van der Waals surface area (Å²) in [5.41, 5.74) is 1.18. The zero-order valence-corrected chi connectivity index (χ0v) is 7.70. The molecule has 1 heterocycles. The van der Waals surface area contributed by atoms with Crippen molar-refractivity contribution in [1.29, 1.82) is 0 Å². The molecule has 3 nitrogen and oxygen atoms in total. The second-order valence-electron chi connectivity index (χ2n) is 3.82. The van der Waals surface area contributed by atoms with Crippen LogP contribution in [0.15, 0.2) is 11.8 Å². The lowest BCUT2D eigenvalue weighted by atomic mass is 10.1. The number of allylic oxidation sites excluding steroid dienone is 2. The van der Waals surface area contributed by atoms with Crippen molar-refractivity contribution in [2.24, 2.45) is 0 Å². The number of aliphatic hydroxyl groups excluding tert-OH is 1. The molecular formula is C10H15NO2. The predicted molar refractivity (Wildman–Crippen MR) is 49.1 cm³/mol. The highest BCUT2D eigenvalue weighted by atomic mass is 16.3. The van der Waals surface area contributed by atoms with Crippen molar-refractivity contribution < 1.29 is 9.90 Å². The molecule has 0 bridgehead atoms. The van der Waals surface area contributed by atoms with Gasteiger partial charge in [0.15, 0.2) is 5.78 Å². The van der Waals surface area contributed by atoms with E-state index in [0.717, 1.165) is 32.4 Å². The van der Waals surface area contributed by atoms with E-state index in [2.05, 4.69) is 4.90 Å². The molecule has 0 saturated carbocycles. The van der Waals surface area contributed by atoms with E-state index >= 15 is 0 Å². The van der Waals surface area contributed by atoms with Crippen LogP contribution < -0.4 is 0 Å². The highest BCUT2D eigenvalue weighted by Crippen LogP contribution is 2.22. The number of rotatable bonds is 1. The van der Waals surface area contributed by atoms with Crippen LogP contribution in [0.1, 0.15) is 25.7 Å². The second kappa shape index (κ2) is 3.50. The number of carbonyl (C=O) groups excluding carboxylic acids is 1. The number of nitrogens with zero attached hydrogens (tertiary/aromatic N) is 1. The molecule has 0 radical (unpaired) electrons. The van der Waals surface area contributed by atoms with E-state index in [1.54, 1.807) is 6.08 Å². The van der Waals surface area contributed by atoms with Gasteiger partial charge in [0.25, 0.3) is 0 Å². The first-order chi connectivity index (χ1) is 6.25. The molecule has 0 aromatic carbocycles. The minimum Gasteiger partial charge on any atom is -0.393 e. The summed E-state index contributed by atoms with van der Waals surface area (Å²) in [5, 5.41) is 9.31. The van der Waals surface area contributed by atoms with Crippen molar-refractivity contribution >= 4 is 5.78 Å². The van der Waals surface area contributed by atoms with Gasteiger partial charge in [-0.15, -0.1) is 0 Å². The molecular weight excluding hydrogens is 166 g/mol. The first-order valence-electron chi connectivity index (χ1n) is 4.92. The normalized spacial score (nSPS) is 25.2. The van der Waals surface area contributed by atoms with Crippen molar-refractivity contribution in [3.05, 3.63) is 11.8 Å². The third-order valence-electron chi connectivity index (χ3n) is 2.83. The largest absolute Gasteiger partial charge is 0.393 e. The Morgan fingerprint density at radius 1 is 1.31 bits per heavy atom. The molecule has 1 aliphatic heterocycles. The average molecular weight is 181 g/mol. The highest BCUT2D eigenvalue weighted by molar-refractivity contribution is 5.92. The molecule has 2 rings (SSSR count). The van der Waals surface area contributed by atoms with Crippen molar-refractivity contribution in [3.63, 3.8) is 0 Å². The van der Waals surface area contributed by atoms with Crippen LogP contribution in [0.3, 0.4) is 0 Å². The van der Waals surface area contributed by atoms with E-state index in [9.17, 15) is 9.90 Å². The van der Waals surface area contributed by atoms with E-state index in [0.29, 0.717) is 6.42 Å². The summed E-state index contributed by atoms with van der Waals surface area (Å²) in [6, 6.07) is 0. The zero-order valence-electron chi connectivity index (χ0n) is 7.70. The van der Waals surface area contributed by atoms with Gasteiger partial charge >= 0.3 is 0 Å². The molecule has 72 valence electrons. The van der Waals surface area contributed by atoms with Crippen molar-refractivity contribution in [2.75, 3.05) is 13.1 Å². The molecule has 2 aliphatic rings. The number of ketones is 1. The summed E-state index contributed by atoms with van der Waals surface area (Å²) in [7, 11) is 0. The van der Waals surface area contributed by atoms with Gasteiger partial charge in [-0.3, -0.25) is 4.79 Å². The number of hydrogen-bond acceptors (Lipinski definition) is 3. The monoisotopic (exact) mass is 181 g/mol. The zero-order chi connectivity index (χ0) is 9.26. The first kappa shape index (κ1) is 8.75. The molecule has 0 spiro atoms. The van der Waals surface area contributed by atoms with Gasteiger partial charge in [0.2, 0.25) is 0 Å². The summed E-state index contributed by atoms with van der Waals surface area (Å²) < 4.78 is 0. The molecule has 0 unspecified atom stereocenters. The van der Waals surface area contributed by atoms with Gasteiger partial charge in [-0.2, -0.15) is 0 Å². The fourth-order valence-electron chi connectivity index (χ4n) is 1.98. The second-order valence-corrected chi connectivity index (χ2v) is 3.82. The Hall–Kier alpha value is -0.830. The molecule has 0 atom stereocenters. The van der Waals surface area contributed by atoms with Crippen LogP contribution in [0.25, 0.3) is 0 Å². The van der Waals surface area contributed by atoms with Crippen LogP contribution >= 0.6 is 0 Å². The quantitative estimate of drug-likeness (QED) is 0.647. The SMILES string of the molecule is O=C1C=C(N2CCC(O)CC2)CC1. The molecule has 3 heteroatoms. The van der Waals surface area contributed by atoms with E-state index in [4.69, 9.17) is 0 Å². The Morgan fingerprint density at radius 2 is 2.00 bits per heavy atom. The summed E-state index contributed by atoms with van der Waals surface area (Å²) in [6.07, 6.45) is 4.88. The summed E-state index contributed by atoms with van der Waals surface area (Å²) in [6.45, 7) is 1.81. The Labute approximate surface area is 78.0 Å². The summed E-state index contributed by atoms with van der Waals surface area (Å²) in [4.78, 5) is 13.2. The maximum atomic E-state index is 11.0. The van der Waals surface area contributed by atoms with Crippen LogP contribution in [-0.4, -0.2) is 35.0 Å². The van der Waals surface area contributed by atoms with Gasteiger partial charge in [-0.1, -0.05) is 0 Å². The number of carbonyl (C=O) groups is 1. The smallest absolute Gasteiger partial charge is 0.157 e. The fourth-order valence-corrected chi connectivity index (χ4v) is 1.98. The number of likely N-dealkylation sites (tertiary alicyclic amines) is 1. The van der Waals surface area contributed by atoms with Crippen molar-refractivity contribution in [1.82, 2.24) is 4.90 Å². The van der Waals surface area contributed by atoms with E-state index in [1.165, 1.54) is 5.70 Å². The van der Waals surface area contributed by atoms with Crippen LogP contribution in [0, 0.1) is 0 Å². The van der Waals surface area contributed by atoms with Gasteiger partial charge in [0, 0.05) is 31.3 Å². The molecule has 1 fully saturated rings.